The number of halogens is 2. The SMILES string of the molecule is CCC(Nc1nc(C(C)C)no1)c1ccccc1OC(F)F. The topological polar surface area (TPSA) is 60.2 Å². The Balaban J connectivity index is 2.20. The first-order valence-electron chi connectivity index (χ1n) is 7.15. The number of para-hydroxylation sites is 1. The number of nitrogens with one attached hydrogen (secondary N) is 1. The molecule has 7 heteroatoms. The largest absolute Gasteiger partial charge is 0.434 e. The second-order valence-corrected chi connectivity index (χ2v) is 5.13. The number of benzene rings is 1. The van der Waals surface area contributed by atoms with Gasteiger partial charge in [-0.3, -0.25) is 0 Å². The summed E-state index contributed by atoms with van der Waals surface area (Å²) in [5, 5.41) is 6.94. The van der Waals surface area contributed by atoms with E-state index in [1.165, 1.54) is 6.07 Å². The smallest absolute Gasteiger partial charge is 0.387 e. The van der Waals surface area contributed by atoms with E-state index in [1.54, 1.807) is 18.2 Å². The maximum Gasteiger partial charge on any atom is 0.387 e. The van der Waals surface area contributed by atoms with Gasteiger partial charge in [0.1, 0.15) is 5.75 Å². The first kappa shape index (κ1) is 16.2. The Morgan fingerprint density at radius 2 is 2.00 bits per heavy atom. The molecule has 1 aromatic carbocycles. The Hall–Kier alpha value is -2.18. The summed E-state index contributed by atoms with van der Waals surface area (Å²) < 4.78 is 34.7. The van der Waals surface area contributed by atoms with E-state index in [0.717, 1.165) is 0 Å². The molecule has 0 amide bonds. The van der Waals surface area contributed by atoms with Crippen molar-refractivity contribution in [3.05, 3.63) is 35.7 Å². The number of nitrogens with zero attached hydrogens (tertiary/aromatic N) is 2. The molecule has 0 aliphatic heterocycles. The number of alkyl halides is 2. The van der Waals surface area contributed by atoms with Crippen molar-refractivity contribution >= 4 is 6.01 Å². The molecule has 1 aromatic heterocycles. The quantitative estimate of drug-likeness (QED) is 0.823. The van der Waals surface area contributed by atoms with Crippen molar-refractivity contribution < 1.29 is 18.0 Å². The number of hydrogen-bond donors (Lipinski definition) is 1. The van der Waals surface area contributed by atoms with E-state index in [9.17, 15) is 8.78 Å². The lowest BCUT2D eigenvalue weighted by molar-refractivity contribution is -0.0505. The highest BCUT2D eigenvalue weighted by atomic mass is 19.3. The molecule has 5 nitrogen and oxygen atoms in total. The highest BCUT2D eigenvalue weighted by Gasteiger charge is 2.19. The number of anilines is 1. The second-order valence-electron chi connectivity index (χ2n) is 5.13. The van der Waals surface area contributed by atoms with Gasteiger partial charge in [-0.1, -0.05) is 44.1 Å². The second kappa shape index (κ2) is 7.20. The molecular weight excluding hydrogens is 292 g/mol. The number of ether oxygens (including phenoxy) is 1. The lowest BCUT2D eigenvalue weighted by Gasteiger charge is -2.19. The van der Waals surface area contributed by atoms with Crippen molar-refractivity contribution in [2.45, 2.75) is 45.8 Å². The summed E-state index contributed by atoms with van der Waals surface area (Å²) in [6, 6.07) is 6.67. The minimum Gasteiger partial charge on any atom is -0.434 e. The fourth-order valence-corrected chi connectivity index (χ4v) is 2.05. The van der Waals surface area contributed by atoms with Crippen LogP contribution in [0, 0.1) is 0 Å². The van der Waals surface area contributed by atoms with Gasteiger partial charge >= 0.3 is 12.6 Å². The zero-order chi connectivity index (χ0) is 16.1. The van der Waals surface area contributed by atoms with Gasteiger partial charge in [-0.25, -0.2) is 0 Å². The zero-order valence-corrected chi connectivity index (χ0v) is 12.7. The molecule has 0 fully saturated rings. The maximum atomic E-state index is 12.5. The van der Waals surface area contributed by atoms with Crippen molar-refractivity contribution in [1.82, 2.24) is 10.1 Å². The summed E-state index contributed by atoms with van der Waals surface area (Å²) in [6.07, 6.45) is 0.642. The van der Waals surface area contributed by atoms with Gasteiger partial charge in [0.05, 0.1) is 6.04 Å². The zero-order valence-electron chi connectivity index (χ0n) is 12.7. The van der Waals surface area contributed by atoms with Gasteiger partial charge < -0.3 is 14.6 Å². The molecule has 2 rings (SSSR count). The van der Waals surface area contributed by atoms with Crippen LogP contribution in [0.4, 0.5) is 14.8 Å². The van der Waals surface area contributed by atoms with E-state index in [0.29, 0.717) is 17.8 Å². The minimum atomic E-state index is -2.87. The molecule has 0 radical (unpaired) electrons. The molecule has 0 spiro atoms. The van der Waals surface area contributed by atoms with Crippen LogP contribution in [0.1, 0.15) is 50.5 Å². The summed E-state index contributed by atoms with van der Waals surface area (Å²) in [4.78, 5) is 4.24. The van der Waals surface area contributed by atoms with Gasteiger partial charge in [0.2, 0.25) is 0 Å². The van der Waals surface area contributed by atoms with Crippen LogP contribution in [0.2, 0.25) is 0 Å². The molecule has 0 bridgehead atoms. The van der Waals surface area contributed by atoms with Crippen LogP contribution in [0.15, 0.2) is 28.8 Å². The fraction of sp³-hybridized carbons (Fsp3) is 0.467. The summed E-state index contributed by atoms with van der Waals surface area (Å²) in [5.74, 6) is 0.878. The molecule has 2 aromatic rings. The Kier molecular flexibility index (Phi) is 5.30. The van der Waals surface area contributed by atoms with Crippen LogP contribution in [-0.4, -0.2) is 16.8 Å². The Morgan fingerprint density at radius 3 is 2.59 bits per heavy atom. The maximum absolute atomic E-state index is 12.5. The number of aromatic nitrogens is 2. The molecule has 22 heavy (non-hydrogen) atoms. The fourth-order valence-electron chi connectivity index (χ4n) is 2.05. The lowest BCUT2D eigenvalue weighted by atomic mass is 10.0. The van der Waals surface area contributed by atoms with Crippen molar-refractivity contribution in [2.24, 2.45) is 0 Å². The van der Waals surface area contributed by atoms with Crippen molar-refractivity contribution in [3.63, 3.8) is 0 Å². The third-order valence-electron chi connectivity index (χ3n) is 3.17. The predicted molar refractivity (Wildman–Crippen MR) is 78.1 cm³/mol. The van der Waals surface area contributed by atoms with Crippen LogP contribution in [0.3, 0.4) is 0 Å². The first-order chi connectivity index (χ1) is 10.5. The van der Waals surface area contributed by atoms with Crippen LogP contribution < -0.4 is 10.1 Å². The first-order valence-corrected chi connectivity index (χ1v) is 7.15. The summed E-state index contributed by atoms with van der Waals surface area (Å²) in [6.45, 7) is 2.97. The Bertz CT molecular complexity index is 602. The molecule has 0 aliphatic carbocycles. The van der Waals surface area contributed by atoms with E-state index in [1.807, 2.05) is 20.8 Å². The van der Waals surface area contributed by atoms with Crippen molar-refractivity contribution in [1.29, 1.82) is 0 Å². The van der Waals surface area contributed by atoms with Gasteiger partial charge in [-0.05, 0) is 12.5 Å². The Morgan fingerprint density at radius 1 is 1.27 bits per heavy atom. The molecule has 1 unspecified atom stereocenters. The van der Waals surface area contributed by atoms with E-state index >= 15 is 0 Å². The average Bonchev–Trinajstić information content (AvgIpc) is 2.94. The third-order valence-corrected chi connectivity index (χ3v) is 3.17. The van der Waals surface area contributed by atoms with Gasteiger partial charge in [0, 0.05) is 11.5 Å². The van der Waals surface area contributed by atoms with E-state index < -0.39 is 6.61 Å². The average molecular weight is 311 g/mol. The highest BCUT2D eigenvalue weighted by Crippen LogP contribution is 2.31. The monoisotopic (exact) mass is 311 g/mol. The lowest BCUT2D eigenvalue weighted by Crippen LogP contribution is -2.13. The van der Waals surface area contributed by atoms with Gasteiger partial charge in [0.25, 0.3) is 0 Å². The molecule has 1 heterocycles. The van der Waals surface area contributed by atoms with Gasteiger partial charge in [-0.15, -0.1) is 0 Å². The standard InChI is InChI=1S/C15H19F2N3O2/c1-4-11(18-15-19-13(9(2)3)20-22-15)10-7-5-6-8-12(10)21-14(16)17/h5-9,11,14H,4H2,1-3H3,(H,18,19,20). The number of rotatable bonds is 7. The van der Waals surface area contributed by atoms with E-state index in [-0.39, 0.29) is 23.7 Å². The van der Waals surface area contributed by atoms with Crippen molar-refractivity contribution in [2.75, 3.05) is 5.32 Å². The highest BCUT2D eigenvalue weighted by molar-refractivity contribution is 5.40. The molecule has 0 aliphatic rings. The van der Waals surface area contributed by atoms with E-state index in [4.69, 9.17) is 4.52 Å². The summed E-state index contributed by atoms with van der Waals surface area (Å²) in [7, 11) is 0. The summed E-state index contributed by atoms with van der Waals surface area (Å²) >= 11 is 0. The van der Waals surface area contributed by atoms with Gasteiger partial charge in [-0.2, -0.15) is 13.8 Å². The van der Waals surface area contributed by atoms with Crippen molar-refractivity contribution in [3.8, 4) is 5.75 Å². The van der Waals surface area contributed by atoms with E-state index in [2.05, 4.69) is 20.2 Å². The minimum absolute atomic E-state index is 0.139. The van der Waals surface area contributed by atoms with Gasteiger partial charge in [0.15, 0.2) is 5.82 Å². The predicted octanol–water partition coefficient (Wildman–Crippen LogP) is 4.36. The third kappa shape index (κ3) is 3.93. The Labute approximate surface area is 127 Å². The molecule has 0 saturated heterocycles. The van der Waals surface area contributed by atoms with Crippen LogP contribution in [0.25, 0.3) is 0 Å². The molecule has 1 N–H and O–H groups in total. The molecule has 0 saturated carbocycles. The normalized spacial score (nSPS) is 12.7. The van der Waals surface area contributed by atoms with Crippen LogP contribution in [0.5, 0.6) is 5.75 Å². The molecular formula is C15H19F2N3O2. The molecule has 1 atom stereocenters. The summed E-state index contributed by atoms with van der Waals surface area (Å²) in [5.41, 5.74) is 0.620. The van der Waals surface area contributed by atoms with Crippen LogP contribution >= 0.6 is 0 Å². The molecule has 120 valence electrons. The van der Waals surface area contributed by atoms with Crippen LogP contribution in [-0.2, 0) is 0 Å². The number of hydrogen-bond acceptors (Lipinski definition) is 5.